The molecule has 1 aliphatic rings. The van der Waals surface area contributed by atoms with Crippen molar-refractivity contribution in [3.8, 4) is 0 Å². The normalized spacial score (nSPS) is 27.7. The summed E-state index contributed by atoms with van der Waals surface area (Å²) >= 11 is 0. The Morgan fingerprint density at radius 1 is 1.50 bits per heavy atom. The Kier molecular flexibility index (Phi) is 3.20. The van der Waals surface area contributed by atoms with Gasteiger partial charge < -0.3 is 10.1 Å². The predicted octanol–water partition coefficient (Wildman–Crippen LogP) is 1.72. The first-order chi connectivity index (χ1) is 6.40. The highest BCUT2D eigenvalue weighted by atomic mass is 16.6. The summed E-state index contributed by atoms with van der Waals surface area (Å²) < 4.78 is 5.44. The molecule has 0 amide bonds. The summed E-state index contributed by atoms with van der Waals surface area (Å²) in [7, 11) is 0. The minimum atomic E-state index is -0.373. The first-order valence-corrected chi connectivity index (χ1v) is 5.34. The molecule has 0 aromatic carbocycles. The predicted molar refractivity (Wildman–Crippen MR) is 56.1 cm³/mol. The zero-order valence-electron chi connectivity index (χ0n) is 9.64. The lowest BCUT2D eigenvalue weighted by atomic mass is 9.84. The van der Waals surface area contributed by atoms with E-state index in [0.29, 0.717) is 0 Å². The molecule has 82 valence electrons. The van der Waals surface area contributed by atoms with Gasteiger partial charge in [-0.25, -0.2) is 0 Å². The fourth-order valence-electron chi connectivity index (χ4n) is 1.75. The second-order valence-electron chi connectivity index (χ2n) is 5.06. The molecule has 1 rings (SSSR count). The Morgan fingerprint density at radius 3 is 2.50 bits per heavy atom. The highest BCUT2D eigenvalue weighted by molar-refractivity contribution is 5.78. The highest BCUT2D eigenvalue weighted by Crippen LogP contribution is 2.32. The summed E-state index contributed by atoms with van der Waals surface area (Å²) in [5.74, 6) is -0.0440. The molecule has 1 aliphatic heterocycles. The fraction of sp³-hybridized carbons (Fsp3) is 0.909. The zero-order valence-corrected chi connectivity index (χ0v) is 9.64. The maximum Gasteiger partial charge on any atom is 0.313 e. The maximum atomic E-state index is 12.0. The molecule has 1 unspecified atom stereocenters. The molecule has 0 radical (unpaired) electrons. The number of hydrogen-bond donors (Lipinski definition) is 1. The van der Waals surface area contributed by atoms with E-state index < -0.39 is 0 Å². The van der Waals surface area contributed by atoms with Crippen LogP contribution in [0.3, 0.4) is 0 Å². The van der Waals surface area contributed by atoms with Gasteiger partial charge in [-0.15, -0.1) is 0 Å². The second kappa shape index (κ2) is 3.89. The van der Waals surface area contributed by atoms with Crippen molar-refractivity contribution in [3.05, 3.63) is 0 Å². The number of rotatable bonds is 2. The summed E-state index contributed by atoms with van der Waals surface area (Å²) in [6.45, 7) is 9.48. The van der Waals surface area contributed by atoms with E-state index in [1.807, 2.05) is 20.8 Å². The van der Waals surface area contributed by atoms with Gasteiger partial charge in [0.2, 0.25) is 0 Å². The van der Waals surface area contributed by atoms with E-state index in [9.17, 15) is 4.79 Å². The monoisotopic (exact) mass is 199 g/mol. The van der Waals surface area contributed by atoms with Crippen molar-refractivity contribution in [2.45, 2.75) is 46.1 Å². The number of carbonyl (C=O) groups is 1. The zero-order chi connectivity index (χ0) is 10.8. The van der Waals surface area contributed by atoms with E-state index in [2.05, 4.69) is 12.2 Å². The summed E-state index contributed by atoms with van der Waals surface area (Å²) in [4.78, 5) is 12.0. The molecular formula is C11H21NO2. The van der Waals surface area contributed by atoms with Gasteiger partial charge in [0, 0.05) is 6.54 Å². The first-order valence-electron chi connectivity index (χ1n) is 5.34. The van der Waals surface area contributed by atoms with E-state index in [-0.39, 0.29) is 17.0 Å². The smallest absolute Gasteiger partial charge is 0.313 e. The fourth-order valence-corrected chi connectivity index (χ4v) is 1.75. The SMILES string of the molecule is CCC1(C(=O)OC(C)(C)C)CCNC1. The van der Waals surface area contributed by atoms with Crippen LogP contribution in [0.4, 0.5) is 0 Å². The molecule has 1 atom stereocenters. The summed E-state index contributed by atoms with van der Waals surface area (Å²) in [6, 6.07) is 0. The van der Waals surface area contributed by atoms with Crippen LogP contribution in [0.1, 0.15) is 40.5 Å². The van der Waals surface area contributed by atoms with Crippen LogP contribution in [0.2, 0.25) is 0 Å². The van der Waals surface area contributed by atoms with Crippen LogP contribution >= 0.6 is 0 Å². The van der Waals surface area contributed by atoms with Crippen LogP contribution in [0.25, 0.3) is 0 Å². The van der Waals surface area contributed by atoms with Crippen molar-refractivity contribution in [1.82, 2.24) is 5.32 Å². The molecule has 0 aromatic rings. The highest BCUT2D eigenvalue weighted by Gasteiger charge is 2.42. The molecule has 14 heavy (non-hydrogen) atoms. The van der Waals surface area contributed by atoms with Gasteiger partial charge in [0.15, 0.2) is 0 Å². The first kappa shape index (κ1) is 11.5. The molecule has 1 saturated heterocycles. The lowest BCUT2D eigenvalue weighted by molar-refractivity contribution is -0.166. The Hall–Kier alpha value is -0.570. The van der Waals surface area contributed by atoms with Crippen molar-refractivity contribution >= 4 is 5.97 Å². The van der Waals surface area contributed by atoms with Crippen molar-refractivity contribution in [2.75, 3.05) is 13.1 Å². The summed E-state index contributed by atoms with van der Waals surface area (Å²) in [6.07, 6.45) is 1.76. The molecule has 1 N–H and O–H groups in total. The Labute approximate surface area is 86.2 Å². The van der Waals surface area contributed by atoms with E-state index in [4.69, 9.17) is 4.74 Å². The van der Waals surface area contributed by atoms with Gasteiger partial charge in [0.05, 0.1) is 5.41 Å². The average Bonchev–Trinajstić information content (AvgIpc) is 2.49. The lowest BCUT2D eigenvalue weighted by Crippen LogP contribution is -2.38. The van der Waals surface area contributed by atoms with Crippen LogP contribution in [0, 0.1) is 5.41 Å². The molecule has 0 aromatic heterocycles. The lowest BCUT2D eigenvalue weighted by Gasteiger charge is -2.29. The minimum Gasteiger partial charge on any atom is -0.460 e. The van der Waals surface area contributed by atoms with Crippen molar-refractivity contribution in [3.63, 3.8) is 0 Å². The van der Waals surface area contributed by atoms with Gasteiger partial charge in [0.1, 0.15) is 5.60 Å². The minimum absolute atomic E-state index is 0.0440. The molecule has 1 fully saturated rings. The van der Waals surface area contributed by atoms with Crippen molar-refractivity contribution < 1.29 is 9.53 Å². The van der Waals surface area contributed by atoms with Gasteiger partial charge in [0.25, 0.3) is 0 Å². The third kappa shape index (κ3) is 2.47. The van der Waals surface area contributed by atoms with E-state index in [1.165, 1.54) is 0 Å². The van der Waals surface area contributed by atoms with Crippen LogP contribution in [0.5, 0.6) is 0 Å². The van der Waals surface area contributed by atoms with Crippen molar-refractivity contribution in [1.29, 1.82) is 0 Å². The Bertz CT molecular complexity index is 212. The number of ether oxygens (including phenoxy) is 1. The molecular weight excluding hydrogens is 178 g/mol. The number of carbonyl (C=O) groups excluding carboxylic acids is 1. The molecule has 3 nitrogen and oxygen atoms in total. The largest absolute Gasteiger partial charge is 0.460 e. The Morgan fingerprint density at radius 2 is 2.14 bits per heavy atom. The van der Waals surface area contributed by atoms with E-state index in [1.54, 1.807) is 0 Å². The molecule has 3 heteroatoms. The summed E-state index contributed by atoms with van der Waals surface area (Å²) in [5.41, 5.74) is -0.644. The van der Waals surface area contributed by atoms with Gasteiger partial charge in [-0.1, -0.05) is 6.92 Å². The molecule has 0 saturated carbocycles. The standard InChI is InChI=1S/C11H21NO2/c1-5-11(6-7-12-8-11)9(13)14-10(2,3)4/h12H,5-8H2,1-4H3. The quantitative estimate of drug-likeness (QED) is 0.688. The number of hydrogen-bond acceptors (Lipinski definition) is 3. The third-order valence-corrected chi connectivity index (χ3v) is 2.75. The van der Waals surface area contributed by atoms with Gasteiger partial charge in [-0.2, -0.15) is 0 Å². The van der Waals surface area contributed by atoms with E-state index in [0.717, 1.165) is 25.9 Å². The average molecular weight is 199 g/mol. The molecule has 0 aliphatic carbocycles. The Balaban J connectivity index is 2.66. The van der Waals surface area contributed by atoms with Crippen LogP contribution in [-0.4, -0.2) is 24.7 Å². The van der Waals surface area contributed by atoms with Gasteiger partial charge >= 0.3 is 5.97 Å². The van der Waals surface area contributed by atoms with Gasteiger partial charge in [-0.3, -0.25) is 4.79 Å². The molecule has 1 heterocycles. The van der Waals surface area contributed by atoms with Crippen LogP contribution in [0.15, 0.2) is 0 Å². The van der Waals surface area contributed by atoms with E-state index >= 15 is 0 Å². The van der Waals surface area contributed by atoms with Crippen molar-refractivity contribution in [2.24, 2.45) is 5.41 Å². The van der Waals surface area contributed by atoms with Gasteiger partial charge in [-0.05, 0) is 40.2 Å². The van der Waals surface area contributed by atoms with Crippen LogP contribution < -0.4 is 5.32 Å². The second-order valence-corrected chi connectivity index (χ2v) is 5.06. The maximum absolute atomic E-state index is 12.0. The van der Waals surface area contributed by atoms with Crippen LogP contribution in [-0.2, 0) is 9.53 Å². The third-order valence-electron chi connectivity index (χ3n) is 2.75. The number of esters is 1. The summed E-state index contributed by atoms with van der Waals surface area (Å²) in [5, 5.41) is 3.23. The molecule has 0 spiro atoms. The topological polar surface area (TPSA) is 38.3 Å². The number of nitrogens with one attached hydrogen (secondary N) is 1. The molecule has 0 bridgehead atoms.